The summed E-state index contributed by atoms with van der Waals surface area (Å²) in [5.41, 5.74) is 2.02. The maximum Gasteiger partial charge on any atom is 0.125 e. The third-order valence-corrected chi connectivity index (χ3v) is 3.17. The summed E-state index contributed by atoms with van der Waals surface area (Å²) < 4.78 is 13.3. The first-order chi connectivity index (χ1) is 7.69. The zero-order chi connectivity index (χ0) is 11.5. The first-order valence-corrected chi connectivity index (χ1v) is 5.86. The highest BCUT2D eigenvalue weighted by molar-refractivity contribution is 5.49. The smallest absolute Gasteiger partial charge is 0.125 e. The standard InChI is InChI=1S/C13H19FN2/c1-10-5-12(14)7-13(6-10)16-4-3-11(9-16)8-15-2/h5-7,11,15H,3-4,8-9H2,1-2H3. The highest BCUT2D eigenvalue weighted by Crippen LogP contribution is 2.25. The summed E-state index contributed by atoms with van der Waals surface area (Å²) in [4.78, 5) is 2.28. The number of anilines is 1. The van der Waals surface area contributed by atoms with Crippen molar-refractivity contribution in [1.82, 2.24) is 5.32 Å². The predicted molar refractivity (Wildman–Crippen MR) is 65.4 cm³/mol. The molecule has 1 fully saturated rings. The number of rotatable bonds is 3. The third kappa shape index (κ3) is 2.53. The summed E-state index contributed by atoms with van der Waals surface area (Å²) in [5, 5.41) is 3.20. The van der Waals surface area contributed by atoms with E-state index < -0.39 is 0 Å². The Morgan fingerprint density at radius 2 is 2.25 bits per heavy atom. The van der Waals surface area contributed by atoms with Gasteiger partial charge < -0.3 is 10.2 Å². The minimum Gasteiger partial charge on any atom is -0.371 e. The van der Waals surface area contributed by atoms with Crippen LogP contribution in [-0.4, -0.2) is 26.7 Å². The van der Waals surface area contributed by atoms with Crippen LogP contribution >= 0.6 is 0 Å². The van der Waals surface area contributed by atoms with E-state index in [9.17, 15) is 4.39 Å². The molecular weight excluding hydrogens is 203 g/mol. The van der Waals surface area contributed by atoms with Crippen LogP contribution < -0.4 is 10.2 Å². The topological polar surface area (TPSA) is 15.3 Å². The van der Waals surface area contributed by atoms with Crippen molar-refractivity contribution in [3.8, 4) is 0 Å². The Hall–Kier alpha value is -1.09. The van der Waals surface area contributed by atoms with Crippen LogP contribution in [0.2, 0.25) is 0 Å². The SMILES string of the molecule is CNCC1CCN(c2cc(C)cc(F)c2)C1. The number of nitrogens with one attached hydrogen (secondary N) is 1. The molecule has 1 atom stereocenters. The normalized spacial score (nSPS) is 20.4. The first-order valence-electron chi connectivity index (χ1n) is 5.86. The van der Waals surface area contributed by atoms with E-state index in [1.807, 2.05) is 14.0 Å². The zero-order valence-corrected chi connectivity index (χ0v) is 9.96. The summed E-state index contributed by atoms with van der Waals surface area (Å²) in [6.07, 6.45) is 1.19. The summed E-state index contributed by atoms with van der Waals surface area (Å²) in [5.74, 6) is 0.556. The molecule has 1 heterocycles. The van der Waals surface area contributed by atoms with Gasteiger partial charge in [0.1, 0.15) is 5.82 Å². The summed E-state index contributed by atoms with van der Waals surface area (Å²) in [6, 6.07) is 5.27. The van der Waals surface area contributed by atoms with Crippen LogP contribution in [0.3, 0.4) is 0 Å². The Kier molecular flexibility index (Phi) is 3.44. The molecule has 1 aliphatic heterocycles. The van der Waals surface area contributed by atoms with E-state index in [1.165, 1.54) is 6.42 Å². The summed E-state index contributed by atoms with van der Waals surface area (Å²) in [7, 11) is 1.98. The molecule has 1 aliphatic rings. The fourth-order valence-corrected chi connectivity index (χ4v) is 2.42. The monoisotopic (exact) mass is 222 g/mol. The van der Waals surface area contributed by atoms with Gasteiger partial charge in [-0.1, -0.05) is 0 Å². The summed E-state index contributed by atoms with van der Waals surface area (Å²) >= 11 is 0. The van der Waals surface area contributed by atoms with Crippen LogP contribution in [0.5, 0.6) is 0 Å². The van der Waals surface area contributed by atoms with Gasteiger partial charge in [-0.2, -0.15) is 0 Å². The lowest BCUT2D eigenvalue weighted by atomic mass is 10.1. The predicted octanol–water partition coefficient (Wildman–Crippen LogP) is 2.18. The lowest BCUT2D eigenvalue weighted by Crippen LogP contribution is -2.24. The van der Waals surface area contributed by atoms with E-state index in [4.69, 9.17) is 0 Å². The van der Waals surface area contributed by atoms with Gasteiger partial charge in [-0.3, -0.25) is 0 Å². The molecule has 0 amide bonds. The van der Waals surface area contributed by atoms with Gasteiger partial charge in [-0.25, -0.2) is 4.39 Å². The molecule has 1 saturated heterocycles. The molecule has 1 unspecified atom stereocenters. The molecule has 0 spiro atoms. The average molecular weight is 222 g/mol. The average Bonchev–Trinajstić information content (AvgIpc) is 2.65. The molecule has 1 aromatic carbocycles. The van der Waals surface area contributed by atoms with Gasteiger partial charge in [0.15, 0.2) is 0 Å². The van der Waals surface area contributed by atoms with E-state index in [0.717, 1.165) is 30.9 Å². The molecule has 16 heavy (non-hydrogen) atoms. The van der Waals surface area contributed by atoms with Gasteiger partial charge in [0, 0.05) is 18.8 Å². The maximum absolute atomic E-state index is 13.3. The molecule has 0 saturated carbocycles. The molecule has 88 valence electrons. The molecular formula is C13H19FN2. The van der Waals surface area contributed by atoms with Gasteiger partial charge in [0.2, 0.25) is 0 Å². The van der Waals surface area contributed by atoms with Crippen molar-refractivity contribution < 1.29 is 4.39 Å². The van der Waals surface area contributed by atoms with Crippen molar-refractivity contribution in [2.24, 2.45) is 5.92 Å². The molecule has 2 rings (SSSR count). The van der Waals surface area contributed by atoms with Crippen LogP contribution in [0.25, 0.3) is 0 Å². The Labute approximate surface area is 96.5 Å². The van der Waals surface area contributed by atoms with Gasteiger partial charge in [0.25, 0.3) is 0 Å². The fourth-order valence-electron chi connectivity index (χ4n) is 2.42. The molecule has 0 aromatic heterocycles. The third-order valence-electron chi connectivity index (χ3n) is 3.17. The molecule has 2 nitrogen and oxygen atoms in total. The van der Waals surface area contributed by atoms with Crippen LogP contribution in [-0.2, 0) is 0 Å². The Morgan fingerprint density at radius 3 is 2.94 bits per heavy atom. The quantitative estimate of drug-likeness (QED) is 0.843. The van der Waals surface area contributed by atoms with Crippen LogP contribution in [0.4, 0.5) is 10.1 Å². The molecule has 0 radical (unpaired) electrons. The minimum atomic E-state index is -0.132. The Morgan fingerprint density at radius 1 is 1.44 bits per heavy atom. The number of hydrogen-bond acceptors (Lipinski definition) is 2. The second kappa shape index (κ2) is 4.83. The van der Waals surface area contributed by atoms with Gasteiger partial charge in [0.05, 0.1) is 0 Å². The van der Waals surface area contributed by atoms with Crippen LogP contribution in [0.15, 0.2) is 18.2 Å². The molecule has 0 aliphatic carbocycles. The number of halogens is 1. The van der Waals surface area contributed by atoms with Crippen molar-refractivity contribution in [2.45, 2.75) is 13.3 Å². The second-order valence-corrected chi connectivity index (χ2v) is 4.65. The largest absolute Gasteiger partial charge is 0.371 e. The molecule has 3 heteroatoms. The number of hydrogen-bond donors (Lipinski definition) is 1. The van der Waals surface area contributed by atoms with Crippen molar-refractivity contribution in [2.75, 3.05) is 31.6 Å². The van der Waals surface area contributed by atoms with Gasteiger partial charge in [-0.05, 0) is 56.6 Å². The van der Waals surface area contributed by atoms with Crippen molar-refractivity contribution in [3.63, 3.8) is 0 Å². The molecule has 0 bridgehead atoms. The first kappa shape index (κ1) is 11.4. The number of aryl methyl sites for hydroxylation is 1. The van der Waals surface area contributed by atoms with Gasteiger partial charge in [-0.15, -0.1) is 0 Å². The maximum atomic E-state index is 13.3. The molecule has 1 aromatic rings. The summed E-state index contributed by atoms with van der Waals surface area (Å²) in [6.45, 7) is 5.05. The lowest BCUT2D eigenvalue weighted by molar-refractivity contribution is 0.549. The van der Waals surface area contributed by atoms with Crippen LogP contribution in [0.1, 0.15) is 12.0 Å². The molecule has 1 N–H and O–H groups in total. The zero-order valence-electron chi connectivity index (χ0n) is 9.96. The van der Waals surface area contributed by atoms with E-state index >= 15 is 0 Å². The van der Waals surface area contributed by atoms with E-state index in [0.29, 0.717) is 5.92 Å². The van der Waals surface area contributed by atoms with Crippen molar-refractivity contribution >= 4 is 5.69 Å². The lowest BCUT2D eigenvalue weighted by Gasteiger charge is -2.19. The fraction of sp³-hybridized carbons (Fsp3) is 0.538. The number of nitrogens with zero attached hydrogens (tertiary/aromatic N) is 1. The van der Waals surface area contributed by atoms with E-state index in [1.54, 1.807) is 12.1 Å². The Balaban J connectivity index is 2.08. The minimum absolute atomic E-state index is 0.132. The highest BCUT2D eigenvalue weighted by Gasteiger charge is 2.22. The second-order valence-electron chi connectivity index (χ2n) is 4.65. The van der Waals surface area contributed by atoms with E-state index in [2.05, 4.69) is 16.3 Å². The van der Waals surface area contributed by atoms with Crippen molar-refractivity contribution in [3.05, 3.63) is 29.6 Å². The Bertz CT molecular complexity index is 345. The van der Waals surface area contributed by atoms with E-state index in [-0.39, 0.29) is 5.82 Å². The van der Waals surface area contributed by atoms with Gasteiger partial charge >= 0.3 is 0 Å². The van der Waals surface area contributed by atoms with Crippen LogP contribution in [0, 0.1) is 18.7 Å². The number of benzene rings is 1. The highest BCUT2D eigenvalue weighted by atomic mass is 19.1. The van der Waals surface area contributed by atoms with Crippen molar-refractivity contribution in [1.29, 1.82) is 0 Å².